The van der Waals surface area contributed by atoms with E-state index in [9.17, 15) is 0 Å². The quantitative estimate of drug-likeness (QED) is 0.651. The van der Waals surface area contributed by atoms with Crippen LogP contribution in [0.5, 0.6) is 11.5 Å². The van der Waals surface area contributed by atoms with E-state index >= 15 is 0 Å². The van der Waals surface area contributed by atoms with Crippen LogP contribution in [0.25, 0.3) is 0 Å². The van der Waals surface area contributed by atoms with Crippen LogP contribution in [0.4, 0.5) is 0 Å². The zero-order valence-corrected chi connectivity index (χ0v) is 16.0. The number of benzene rings is 2. The van der Waals surface area contributed by atoms with Crippen molar-refractivity contribution < 1.29 is 4.74 Å². The minimum Gasteiger partial charge on any atom is -0.457 e. The summed E-state index contributed by atoms with van der Waals surface area (Å²) in [7, 11) is 1.92. The van der Waals surface area contributed by atoms with E-state index in [1.807, 2.05) is 31.1 Å². The molecule has 0 heterocycles. The molecular weight excluding hydrogens is 336 g/mol. The topological polar surface area (TPSA) is 33.3 Å². The van der Waals surface area contributed by atoms with Crippen molar-refractivity contribution in [2.75, 3.05) is 7.05 Å². The van der Waals surface area contributed by atoms with E-state index < -0.39 is 0 Å². The molecule has 1 atom stereocenters. The van der Waals surface area contributed by atoms with Gasteiger partial charge in [-0.25, -0.2) is 0 Å². The van der Waals surface area contributed by atoms with Gasteiger partial charge >= 0.3 is 0 Å². The van der Waals surface area contributed by atoms with E-state index in [1.165, 1.54) is 11.1 Å². The average Bonchev–Trinajstić information content (AvgIpc) is 2.96. The van der Waals surface area contributed by atoms with Gasteiger partial charge in [0.1, 0.15) is 11.5 Å². The Morgan fingerprint density at radius 2 is 1.96 bits per heavy atom. The minimum absolute atomic E-state index is 0.455. The Morgan fingerprint density at radius 1 is 1.12 bits per heavy atom. The fourth-order valence-corrected chi connectivity index (χ4v) is 4.09. The molecule has 0 amide bonds. The van der Waals surface area contributed by atoms with Crippen LogP contribution in [0.2, 0.25) is 0 Å². The maximum absolute atomic E-state index is 6.06. The smallest absolute Gasteiger partial charge is 0.128 e. The summed E-state index contributed by atoms with van der Waals surface area (Å²) in [5, 5.41) is 0.597. The molecule has 0 fully saturated rings. The number of fused-ring (bicyclic) bond motifs is 1. The third kappa shape index (κ3) is 4.48. The first-order valence-corrected chi connectivity index (χ1v) is 10.0. The predicted molar refractivity (Wildman–Crippen MR) is 105 cm³/mol. The van der Waals surface area contributed by atoms with Gasteiger partial charge in [-0.15, -0.1) is 0 Å². The lowest BCUT2D eigenvalue weighted by Crippen LogP contribution is -2.13. The molecule has 5 heteroatoms. The highest BCUT2D eigenvalue weighted by molar-refractivity contribution is 7.98. The molecule has 0 aromatic heterocycles. The van der Waals surface area contributed by atoms with Gasteiger partial charge in [0.2, 0.25) is 0 Å². The van der Waals surface area contributed by atoms with Gasteiger partial charge in [0.25, 0.3) is 0 Å². The van der Waals surface area contributed by atoms with Gasteiger partial charge in [-0.3, -0.25) is 9.44 Å². The molecule has 2 aromatic carbocycles. The maximum Gasteiger partial charge on any atom is 0.128 e. The lowest BCUT2D eigenvalue weighted by molar-refractivity contribution is 0.480. The van der Waals surface area contributed by atoms with Crippen molar-refractivity contribution in [3.05, 3.63) is 53.6 Å². The zero-order valence-electron chi connectivity index (χ0n) is 14.3. The summed E-state index contributed by atoms with van der Waals surface area (Å²) in [6.45, 7) is 4.43. The van der Waals surface area contributed by atoms with Crippen LogP contribution in [0, 0.1) is 0 Å². The number of ether oxygens (including phenoxy) is 1. The number of hydrogen-bond acceptors (Lipinski definition) is 5. The Labute approximate surface area is 153 Å². The van der Waals surface area contributed by atoms with Crippen LogP contribution in [-0.2, 0) is 6.42 Å². The first-order chi connectivity index (χ1) is 11.7. The highest BCUT2D eigenvalue weighted by Crippen LogP contribution is 2.36. The molecule has 24 heavy (non-hydrogen) atoms. The number of nitrogens with one attached hydrogen (secondary N) is 2. The highest BCUT2D eigenvalue weighted by Gasteiger charge is 2.23. The van der Waals surface area contributed by atoms with Crippen molar-refractivity contribution in [2.45, 2.75) is 42.9 Å². The van der Waals surface area contributed by atoms with Crippen LogP contribution in [0.3, 0.4) is 0 Å². The molecular formula is C19H24N2OS2. The molecule has 2 aromatic rings. The Kier molecular flexibility index (Phi) is 6.11. The maximum atomic E-state index is 6.06. The molecule has 0 bridgehead atoms. The fourth-order valence-electron chi connectivity index (χ4n) is 2.85. The third-order valence-corrected chi connectivity index (χ3v) is 5.49. The summed E-state index contributed by atoms with van der Waals surface area (Å²) in [5.41, 5.74) is 2.81. The Bertz CT molecular complexity index is 691. The number of rotatable bonds is 7. The predicted octanol–water partition coefficient (Wildman–Crippen LogP) is 5.34. The van der Waals surface area contributed by atoms with Gasteiger partial charge in [-0.05, 0) is 73.3 Å². The van der Waals surface area contributed by atoms with E-state index in [-0.39, 0.29) is 0 Å². The number of aryl methyl sites for hydroxylation is 1. The molecule has 1 aliphatic carbocycles. The summed E-state index contributed by atoms with van der Waals surface area (Å²) in [6, 6.07) is 15.1. The Morgan fingerprint density at radius 3 is 2.75 bits per heavy atom. The van der Waals surface area contributed by atoms with Gasteiger partial charge < -0.3 is 4.74 Å². The van der Waals surface area contributed by atoms with Crippen LogP contribution in [0.1, 0.15) is 37.4 Å². The normalized spacial score (nSPS) is 16.4. The monoisotopic (exact) mass is 360 g/mol. The highest BCUT2D eigenvalue weighted by atomic mass is 32.2. The molecule has 0 saturated carbocycles. The molecule has 2 N–H and O–H groups in total. The molecule has 0 spiro atoms. The molecule has 0 aliphatic heterocycles. The summed E-state index contributed by atoms with van der Waals surface area (Å²) in [4.78, 5) is 1.14. The average molecular weight is 361 g/mol. The van der Waals surface area contributed by atoms with Gasteiger partial charge in [-0.2, -0.15) is 0 Å². The Hall–Kier alpha value is -1.14. The fraction of sp³-hybridized carbons (Fsp3) is 0.368. The molecule has 0 saturated heterocycles. The summed E-state index contributed by atoms with van der Waals surface area (Å²) in [6.07, 6.45) is 2.27. The Balaban J connectivity index is 1.70. The van der Waals surface area contributed by atoms with E-state index in [0.29, 0.717) is 11.3 Å². The van der Waals surface area contributed by atoms with Crippen molar-refractivity contribution in [1.82, 2.24) is 9.44 Å². The molecule has 0 radical (unpaired) electrons. The second-order valence-corrected chi connectivity index (χ2v) is 8.62. The first kappa shape index (κ1) is 17.7. The minimum atomic E-state index is 0.455. The summed E-state index contributed by atoms with van der Waals surface area (Å²) in [5.74, 6) is 1.79. The third-order valence-electron chi connectivity index (χ3n) is 3.90. The van der Waals surface area contributed by atoms with E-state index in [0.717, 1.165) is 29.2 Å². The second kappa shape index (κ2) is 8.30. The van der Waals surface area contributed by atoms with Gasteiger partial charge in [-0.1, -0.05) is 37.9 Å². The largest absolute Gasteiger partial charge is 0.457 e. The molecule has 3 rings (SSSR count). The van der Waals surface area contributed by atoms with Crippen molar-refractivity contribution >= 4 is 23.9 Å². The van der Waals surface area contributed by atoms with E-state index in [1.54, 1.807) is 11.9 Å². The molecule has 3 nitrogen and oxygen atoms in total. The van der Waals surface area contributed by atoms with Gasteiger partial charge in [0.05, 0.1) is 0 Å². The van der Waals surface area contributed by atoms with Crippen LogP contribution < -0.4 is 14.2 Å². The lowest BCUT2D eigenvalue weighted by Gasteiger charge is -2.15. The number of hydrogen-bond donors (Lipinski definition) is 2. The van der Waals surface area contributed by atoms with Crippen molar-refractivity contribution in [1.29, 1.82) is 0 Å². The van der Waals surface area contributed by atoms with Crippen LogP contribution in [-0.4, -0.2) is 12.3 Å². The van der Waals surface area contributed by atoms with Crippen LogP contribution >= 0.6 is 23.9 Å². The zero-order chi connectivity index (χ0) is 16.9. The van der Waals surface area contributed by atoms with Crippen LogP contribution in [0.15, 0.2) is 47.4 Å². The SMILES string of the molecule is CNSc1cccc(Oc2ccc3c(c2)CCC3NSC(C)C)c1. The van der Waals surface area contributed by atoms with Crippen molar-refractivity contribution in [3.8, 4) is 11.5 Å². The molecule has 1 unspecified atom stereocenters. The summed E-state index contributed by atoms with van der Waals surface area (Å²) < 4.78 is 12.7. The van der Waals surface area contributed by atoms with E-state index in [2.05, 4.69) is 53.6 Å². The summed E-state index contributed by atoms with van der Waals surface area (Å²) >= 11 is 3.40. The van der Waals surface area contributed by atoms with Crippen molar-refractivity contribution in [2.24, 2.45) is 0 Å². The molecule has 128 valence electrons. The molecule has 1 aliphatic rings. The van der Waals surface area contributed by atoms with Gasteiger partial charge in [0.15, 0.2) is 0 Å². The second-order valence-electron chi connectivity index (χ2n) is 6.12. The van der Waals surface area contributed by atoms with Crippen molar-refractivity contribution in [3.63, 3.8) is 0 Å². The van der Waals surface area contributed by atoms with E-state index in [4.69, 9.17) is 4.74 Å². The standard InChI is InChI=1S/C19H24N2OS2/c1-13(2)23-21-19-10-7-14-11-16(8-9-18(14)19)22-15-5-4-6-17(12-15)24-20-3/h4-6,8-9,11-13,19-21H,7,10H2,1-3H3. The van der Waals surface area contributed by atoms with Gasteiger partial charge in [0, 0.05) is 16.2 Å². The first-order valence-electron chi connectivity index (χ1n) is 8.31. The lowest BCUT2D eigenvalue weighted by atomic mass is 10.1.